The minimum absolute atomic E-state index is 0.153. The van der Waals surface area contributed by atoms with Crippen molar-refractivity contribution in [2.75, 3.05) is 0 Å². The molecule has 0 saturated carbocycles. The first-order valence-electron chi connectivity index (χ1n) is 9.08. The number of nitrogens with zero attached hydrogens (tertiary/aromatic N) is 2. The lowest BCUT2D eigenvalue weighted by Crippen LogP contribution is -2.31. The number of carbonyl (C=O) groups is 1. The van der Waals surface area contributed by atoms with Gasteiger partial charge >= 0.3 is 0 Å². The Labute approximate surface area is 158 Å². The summed E-state index contributed by atoms with van der Waals surface area (Å²) >= 11 is 0. The molecule has 2 aromatic carbocycles. The second kappa shape index (κ2) is 8.45. The lowest BCUT2D eigenvalue weighted by molar-refractivity contribution is 0.0932. The molecule has 138 valence electrons. The van der Waals surface area contributed by atoms with Gasteiger partial charge in [0.1, 0.15) is 5.69 Å². The van der Waals surface area contributed by atoms with Crippen LogP contribution in [0.1, 0.15) is 47.1 Å². The van der Waals surface area contributed by atoms with Crippen LogP contribution in [0.4, 0.5) is 0 Å². The normalized spacial score (nSPS) is 11.8. The van der Waals surface area contributed by atoms with Crippen molar-refractivity contribution < 1.29 is 4.79 Å². The zero-order valence-corrected chi connectivity index (χ0v) is 15.6. The van der Waals surface area contributed by atoms with Crippen LogP contribution in [-0.4, -0.2) is 15.7 Å². The molecule has 3 rings (SSSR count). The zero-order chi connectivity index (χ0) is 19.2. The van der Waals surface area contributed by atoms with Crippen molar-refractivity contribution in [2.45, 2.75) is 32.9 Å². The first kappa shape index (κ1) is 18.6. The number of nitrogens with one attached hydrogen (secondary N) is 1. The molecule has 1 amide bonds. The Kier molecular flexibility index (Phi) is 5.81. The van der Waals surface area contributed by atoms with Crippen molar-refractivity contribution in [1.29, 1.82) is 0 Å². The highest BCUT2D eigenvalue weighted by molar-refractivity contribution is 5.92. The van der Waals surface area contributed by atoms with Crippen LogP contribution in [0, 0.1) is 0 Å². The van der Waals surface area contributed by atoms with Gasteiger partial charge in [0.25, 0.3) is 11.5 Å². The van der Waals surface area contributed by atoms with E-state index < -0.39 is 0 Å². The highest BCUT2D eigenvalue weighted by atomic mass is 16.2. The Morgan fingerprint density at radius 1 is 1.00 bits per heavy atom. The Bertz CT molecular complexity index is 963. The highest BCUT2D eigenvalue weighted by Gasteiger charge is 2.14. The van der Waals surface area contributed by atoms with Gasteiger partial charge in [-0.05, 0) is 36.1 Å². The van der Waals surface area contributed by atoms with Gasteiger partial charge in [-0.15, -0.1) is 0 Å². The van der Waals surface area contributed by atoms with Crippen LogP contribution in [0.3, 0.4) is 0 Å². The van der Waals surface area contributed by atoms with Crippen molar-refractivity contribution in [3.8, 4) is 0 Å². The second-order valence-corrected chi connectivity index (χ2v) is 6.49. The lowest BCUT2D eigenvalue weighted by atomic mass is 10.0. The molecule has 1 unspecified atom stereocenters. The standard InChI is InChI=1S/C22H23N3O2/c1-3-17-9-11-19(12-10-17)16(2)23-22(27)20-13-14-21(26)25(24-20)15-18-7-5-4-6-8-18/h4-14,16H,3,15H2,1-2H3,(H,23,27). The molecule has 5 heteroatoms. The fraction of sp³-hybridized carbons (Fsp3) is 0.227. The molecule has 0 saturated heterocycles. The van der Waals surface area contributed by atoms with Gasteiger partial charge in [-0.1, -0.05) is 61.5 Å². The van der Waals surface area contributed by atoms with Crippen molar-refractivity contribution in [1.82, 2.24) is 15.1 Å². The molecule has 0 spiro atoms. The van der Waals surface area contributed by atoms with Gasteiger partial charge in [0, 0.05) is 6.07 Å². The third-order valence-electron chi connectivity index (χ3n) is 4.51. The average Bonchev–Trinajstić information content (AvgIpc) is 2.70. The summed E-state index contributed by atoms with van der Waals surface area (Å²) in [7, 11) is 0. The molecule has 0 aliphatic rings. The third kappa shape index (κ3) is 4.70. The van der Waals surface area contributed by atoms with Gasteiger partial charge in [-0.3, -0.25) is 9.59 Å². The van der Waals surface area contributed by atoms with E-state index in [4.69, 9.17) is 0 Å². The monoisotopic (exact) mass is 361 g/mol. The second-order valence-electron chi connectivity index (χ2n) is 6.49. The molecular weight excluding hydrogens is 338 g/mol. The van der Waals surface area contributed by atoms with Gasteiger partial charge in [0.2, 0.25) is 0 Å². The van der Waals surface area contributed by atoms with Crippen LogP contribution in [-0.2, 0) is 13.0 Å². The van der Waals surface area contributed by atoms with E-state index in [1.807, 2.05) is 49.4 Å². The van der Waals surface area contributed by atoms with E-state index in [-0.39, 0.29) is 23.2 Å². The van der Waals surface area contributed by atoms with Gasteiger partial charge < -0.3 is 5.32 Å². The Hall–Kier alpha value is -3.21. The van der Waals surface area contributed by atoms with E-state index in [1.54, 1.807) is 0 Å². The molecule has 1 N–H and O–H groups in total. The summed E-state index contributed by atoms with van der Waals surface area (Å²) in [6, 6.07) is 20.4. The molecule has 0 radical (unpaired) electrons. The lowest BCUT2D eigenvalue weighted by Gasteiger charge is -2.15. The summed E-state index contributed by atoms with van der Waals surface area (Å²) in [6.07, 6.45) is 0.980. The quantitative estimate of drug-likeness (QED) is 0.732. The zero-order valence-electron chi connectivity index (χ0n) is 15.6. The van der Waals surface area contributed by atoms with Crippen LogP contribution in [0.15, 0.2) is 71.5 Å². The van der Waals surface area contributed by atoms with Crippen LogP contribution in [0.5, 0.6) is 0 Å². The summed E-state index contributed by atoms with van der Waals surface area (Å²) in [5.74, 6) is -0.302. The predicted molar refractivity (Wildman–Crippen MR) is 106 cm³/mol. The largest absolute Gasteiger partial charge is 0.344 e. The van der Waals surface area contributed by atoms with Gasteiger partial charge in [-0.2, -0.15) is 5.10 Å². The molecule has 0 fully saturated rings. The number of carbonyl (C=O) groups excluding carboxylic acids is 1. The molecule has 1 heterocycles. The van der Waals surface area contributed by atoms with Crippen molar-refractivity contribution in [2.24, 2.45) is 0 Å². The number of rotatable bonds is 6. The third-order valence-corrected chi connectivity index (χ3v) is 4.51. The first-order valence-corrected chi connectivity index (χ1v) is 9.08. The smallest absolute Gasteiger partial charge is 0.272 e. The Morgan fingerprint density at radius 3 is 2.37 bits per heavy atom. The maximum Gasteiger partial charge on any atom is 0.272 e. The summed E-state index contributed by atoms with van der Waals surface area (Å²) in [5.41, 5.74) is 3.22. The highest BCUT2D eigenvalue weighted by Crippen LogP contribution is 2.14. The number of benzene rings is 2. The fourth-order valence-electron chi connectivity index (χ4n) is 2.84. The van der Waals surface area contributed by atoms with Gasteiger partial charge in [0.05, 0.1) is 12.6 Å². The molecule has 0 bridgehead atoms. The van der Waals surface area contributed by atoms with E-state index in [9.17, 15) is 9.59 Å². The van der Waals surface area contributed by atoms with Gasteiger partial charge in [0.15, 0.2) is 0 Å². The van der Waals surface area contributed by atoms with E-state index in [2.05, 4.69) is 29.5 Å². The topological polar surface area (TPSA) is 64.0 Å². The molecule has 0 aliphatic carbocycles. The Balaban J connectivity index is 1.74. The number of aromatic nitrogens is 2. The van der Waals surface area contributed by atoms with E-state index >= 15 is 0 Å². The summed E-state index contributed by atoms with van der Waals surface area (Å²) in [5, 5.41) is 7.18. The molecule has 3 aromatic rings. The molecule has 0 aliphatic heterocycles. The Morgan fingerprint density at radius 2 is 1.70 bits per heavy atom. The average molecular weight is 361 g/mol. The van der Waals surface area contributed by atoms with E-state index in [1.165, 1.54) is 22.4 Å². The molecule has 1 aromatic heterocycles. The SMILES string of the molecule is CCc1ccc(C(C)NC(=O)c2ccc(=O)n(Cc3ccccc3)n2)cc1. The van der Waals surface area contributed by atoms with Crippen molar-refractivity contribution in [3.05, 3.63) is 99.5 Å². The molecule has 27 heavy (non-hydrogen) atoms. The fourth-order valence-corrected chi connectivity index (χ4v) is 2.84. The summed E-state index contributed by atoms with van der Waals surface area (Å²) in [4.78, 5) is 24.6. The van der Waals surface area contributed by atoms with Crippen molar-refractivity contribution >= 4 is 5.91 Å². The van der Waals surface area contributed by atoms with E-state index in [0.29, 0.717) is 6.54 Å². The van der Waals surface area contributed by atoms with Gasteiger partial charge in [-0.25, -0.2) is 4.68 Å². The van der Waals surface area contributed by atoms with Crippen molar-refractivity contribution in [3.63, 3.8) is 0 Å². The van der Waals surface area contributed by atoms with Crippen LogP contribution >= 0.6 is 0 Å². The maximum absolute atomic E-state index is 12.6. The number of amides is 1. The number of hydrogen-bond acceptors (Lipinski definition) is 3. The summed E-state index contributed by atoms with van der Waals surface area (Å²) < 4.78 is 1.31. The number of hydrogen-bond donors (Lipinski definition) is 1. The van der Waals surface area contributed by atoms with Crippen LogP contribution in [0.2, 0.25) is 0 Å². The predicted octanol–water partition coefficient (Wildman–Crippen LogP) is 3.35. The maximum atomic E-state index is 12.6. The molecular formula is C22H23N3O2. The molecule has 5 nitrogen and oxygen atoms in total. The molecule has 1 atom stereocenters. The first-order chi connectivity index (χ1) is 13.1. The minimum Gasteiger partial charge on any atom is -0.344 e. The minimum atomic E-state index is -0.302. The van der Waals surface area contributed by atoms with Crippen LogP contribution in [0.25, 0.3) is 0 Å². The summed E-state index contributed by atoms with van der Waals surface area (Å²) in [6.45, 7) is 4.37. The van der Waals surface area contributed by atoms with Crippen LogP contribution < -0.4 is 10.9 Å². The number of aryl methyl sites for hydroxylation is 1. The van der Waals surface area contributed by atoms with E-state index in [0.717, 1.165) is 17.5 Å².